The standard InChI is InChI=1S/C21H27N3O/c1-2-20-19-10-6-5-9-17(19)11-12-24(20)21(25)18-13-22-23(15-18)14-16-7-3-4-8-16/h5-6,9-10,13,15-16,20H,2-4,7-8,11-12,14H2,1H3. The lowest BCUT2D eigenvalue weighted by atomic mass is 9.91. The number of hydrogen-bond acceptors (Lipinski definition) is 2. The topological polar surface area (TPSA) is 38.1 Å². The van der Waals surface area contributed by atoms with Gasteiger partial charge in [-0.15, -0.1) is 0 Å². The summed E-state index contributed by atoms with van der Waals surface area (Å²) < 4.78 is 1.97. The van der Waals surface area contributed by atoms with Gasteiger partial charge >= 0.3 is 0 Å². The van der Waals surface area contributed by atoms with Gasteiger partial charge in [0.2, 0.25) is 0 Å². The largest absolute Gasteiger partial charge is 0.331 e. The lowest BCUT2D eigenvalue weighted by Gasteiger charge is -2.36. The van der Waals surface area contributed by atoms with E-state index in [9.17, 15) is 4.79 Å². The molecule has 25 heavy (non-hydrogen) atoms. The Balaban J connectivity index is 1.51. The minimum absolute atomic E-state index is 0.124. The van der Waals surface area contributed by atoms with E-state index in [4.69, 9.17) is 0 Å². The second-order valence-electron chi connectivity index (χ2n) is 7.47. The molecule has 132 valence electrons. The van der Waals surface area contributed by atoms with Gasteiger partial charge in [-0.05, 0) is 42.7 Å². The van der Waals surface area contributed by atoms with Crippen LogP contribution in [0.15, 0.2) is 36.7 Å². The van der Waals surface area contributed by atoms with Crippen LogP contribution in [0, 0.1) is 5.92 Å². The van der Waals surface area contributed by atoms with Crippen LogP contribution in [0.2, 0.25) is 0 Å². The molecule has 4 nitrogen and oxygen atoms in total. The summed E-state index contributed by atoms with van der Waals surface area (Å²) in [4.78, 5) is 15.1. The van der Waals surface area contributed by atoms with Crippen LogP contribution in [0.4, 0.5) is 0 Å². The first-order valence-corrected chi connectivity index (χ1v) is 9.67. The second-order valence-corrected chi connectivity index (χ2v) is 7.47. The first-order valence-electron chi connectivity index (χ1n) is 9.67. The van der Waals surface area contributed by atoms with Crippen molar-refractivity contribution in [3.8, 4) is 0 Å². The van der Waals surface area contributed by atoms with Crippen molar-refractivity contribution in [3.05, 3.63) is 53.3 Å². The molecule has 1 unspecified atom stereocenters. The number of amides is 1. The van der Waals surface area contributed by atoms with E-state index >= 15 is 0 Å². The van der Waals surface area contributed by atoms with E-state index in [2.05, 4.69) is 36.3 Å². The number of carbonyl (C=O) groups is 1. The number of hydrogen-bond donors (Lipinski definition) is 0. The van der Waals surface area contributed by atoms with Gasteiger partial charge in [0.15, 0.2) is 0 Å². The highest BCUT2D eigenvalue weighted by molar-refractivity contribution is 5.94. The summed E-state index contributed by atoms with van der Waals surface area (Å²) in [6, 6.07) is 8.72. The molecule has 1 atom stereocenters. The minimum atomic E-state index is 0.124. The molecule has 4 heteroatoms. The van der Waals surface area contributed by atoms with E-state index < -0.39 is 0 Å². The Kier molecular flexibility index (Phi) is 4.60. The van der Waals surface area contributed by atoms with Gasteiger partial charge in [0.05, 0.1) is 17.8 Å². The molecule has 0 bridgehead atoms. The number of rotatable bonds is 4. The zero-order chi connectivity index (χ0) is 17.2. The van der Waals surface area contributed by atoms with E-state index in [-0.39, 0.29) is 11.9 Å². The van der Waals surface area contributed by atoms with Gasteiger partial charge in [0, 0.05) is 19.3 Å². The van der Waals surface area contributed by atoms with Gasteiger partial charge in [0.25, 0.3) is 5.91 Å². The summed E-state index contributed by atoms with van der Waals surface area (Å²) in [5.41, 5.74) is 3.43. The molecule has 2 aromatic rings. The molecule has 0 spiro atoms. The highest BCUT2D eigenvalue weighted by Gasteiger charge is 2.30. The Morgan fingerprint density at radius 2 is 2.04 bits per heavy atom. The minimum Gasteiger partial charge on any atom is -0.331 e. The molecule has 1 aromatic carbocycles. The molecule has 0 radical (unpaired) electrons. The maximum Gasteiger partial charge on any atom is 0.257 e. The van der Waals surface area contributed by atoms with Gasteiger partial charge in [-0.25, -0.2) is 0 Å². The molecular formula is C21H27N3O. The molecule has 1 saturated carbocycles. The van der Waals surface area contributed by atoms with Crippen molar-refractivity contribution in [2.45, 2.75) is 58.0 Å². The molecule has 1 amide bonds. The van der Waals surface area contributed by atoms with Gasteiger partial charge < -0.3 is 4.90 Å². The molecule has 2 aliphatic rings. The molecule has 1 aromatic heterocycles. The third-order valence-corrected chi connectivity index (χ3v) is 5.86. The Bertz CT molecular complexity index is 745. The summed E-state index contributed by atoms with van der Waals surface area (Å²) in [5.74, 6) is 0.854. The molecule has 0 saturated heterocycles. The third-order valence-electron chi connectivity index (χ3n) is 5.86. The number of fused-ring (bicyclic) bond motifs is 1. The van der Waals surface area contributed by atoms with Gasteiger partial charge in [-0.1, -0.05) is 44.0 Å². The van der Waals surface area contributed by atoms with Crippen LogP contribution in [0.1, 0.15) is 66.6 Å². The average Bonchev–Trinajstić information content (AvgIpc) is 3.32. The maximum absolute atomic E-state index is 13.1. The molecule has 4 rings (SSSR count). The van der Waals surface area contributed by atoms with Crippen molar-refractivity contribution in [2.75, 3.05) is 6.54 Å². The van der Waals surface area contributed by atoms with Crippen LogP contribution < -0.4 is 0 Å². The SMILES string of the molecule is CCC1c2ccccc2CCN1C(=O)c1cnn(CC2CCCC2)c1. The quantitative estimate of drug-likeness (QED) is 0.837. The highest BCUT2D eigenvalue weighted by Crippen LogP contribution is 2.33. The number of benzene rings is 1. The zero-order valence-corrected chi connectivity index (χ0v) is 15.0. The summed E-state index contributed by atoms with van der Waals surface area (Å²) in [5, 5.41) is 4.46. The van der Waals surface area contributed by atoms with Crippen molar-refractivity contribution in [1.82, 2.24) is 14.7 Å². The zero-order valence-electron chi connectivity index (χ0n) is 15.0. The molecule has 1 fully saturated rings. The third kappa shape index (κ3) is 3.22. The predicted octanol–water partition coefficient (Wildman–Crippen LogP) is 4.22. The fraction of sp³-hybridized carbons (Fsp3) is 0.524. The van der Waals surface area contributed by atoms with Crippen molar-refractivity contribution >= 4 is 5.91 Å². The molecule has 2 heterocycles. The normalized spacial score (nSPS) is 20.7. The lowest BCUT2D eigenvalue weighted by Crippen LogP contribution is -2.39. The summed E-state index contributed by atoms with van der Waals surface area (Å²) in [7, 11) is 0. The fourth-order valence-corrected chi connectivity index (χ4v) is 4.53. The molecule has 0 N–H and O–H groups in total. The van der Waals surface area contributed by atoms with E-state index in [0.29, 0.717) is 0 Å². The van der Waals surface area contributed by atoms with Crippen LogP contribution in [0.5, 0.6) is 0 Å². The lowest BCUT2D eigenvalue weighted by molar-refractivity contribution is 0.0655. The van der Waals surface area contributed by atoms with Crippen LogP contribution in [0.3, 0.4) is 0 Å². The summed E-state index contributed by atoms with van der Waals surface area (Å²) in [6.45, 7) is 3.91. The first-order chi connectivity index (χ1) is 12.3. The van der Waals surface area contributed by atoms with Crippen molar-refractivity contribution in [1.29, 1.82) is 0 Å². The summed E-state index contributed by atoms with van der Waals surface area (Å²) >= 11 is 0. The number of aromatic nitrogens is 2. The van der Waals surface area contributed by atoms with Crippen molar-refractivity contribution in [3.63, 3.8) is 0 Å². The monoisotopic (exact) mass is 337 g/mol. The fourth-order valence-electron chi connectivity index (χ4n) is 4.53. The maximum atomic E-state index is 13.1. The Morgan fingerprint density at radius 1 is 1.24 bits per heavy atom. The molecule has 1 aliphatic carbocycles. The predicted molar refractivity (Wildman–Crippen MR) is 98.4 cm³/mol. The number of carbonyl (C=O) groups excluding carboxylic acids is 1. The van der Waals surface area contributed by atoms with Crippen LogP contribution in [-0.4, -0.2) is 27.1 Å². The molecule has 1 aliphatic heterocycles. The van der Waals surface area contributed by atoms with Crippen molar-refractivity contribution in [2.24, 2.45) is 5.92 Å². The van der Waals surface area contributed by atoms with Gasteiger partial charge in [-0.2, -0.15) is 5.10 Å². The smallest absolute Gasteiger partial charge is 0.257 e. The van der Waals surface area contributed by atoms with Crippen LogP contribution in [0.25, 0.3) is 0 Å². The van der Waals surface area contributed by atoms with E-state index in [1.54, 1.807) is 6.20 Å². The first kappa shape index (κ1) is 16.4. The van der Waals surface area contributed by atoms with E-state index in [0.717, 1.165) is 37.4 Å². The van der Waals surface area contributed by atoms with Crippen LogP contribution >= 0.6 is 0 Å². The Labute approximate surface area is 149 Å². The van der Waals surface area contributed by atoms with Gasteiger partial charge in [0.1, 0.15) is 0 Å². The highest BCUT2D eigenvalue weighted by atomic mass is 16.2. The van der Waals surface area contributed by atoms with Crippen LogP contribution in [-0.2, 0) is 13.0 Å². The Morgan fingerprint density at radius 3 is 2.84 bits per heavy atom. The summed E-state index contributed by atoms with van der Waals surface area (Å²) in [6.07, 6.45) is 10.9. The Hall–Kier alpha value is -2.10. The van der Waals surface area contributed by atoms with Crippen molar-refractivity contribution < 1.29 is 4.79 Å². The van der Waals surface area contributed by atoms with E-state index in [1.807, 2.05) is 15.8 Å². The average molecular weight is 337 g/mol. The van der Waals surface area contributed by atoms with E-state index in [1.165, 1.54) is 36.8 Å². The second kappa shape index (κ2) is 7.03. The molecular weight excluding hydrogens is 310 g/mol. The van der Waals surface area contributed by atoms with Gasteiger partial charge in [-0.3, -0.25) is 9.48 Å². The number of nitrogens with zero attached hydrogens (tertiary/aromatic N) is 3.